The summed E-state index contributed by atoms with van der Waals surface area (Å²) in [5.74, 6) is -0.289. The molecule has 0 aromatic heterocycles. The van der Waals surface area contributed by atoms with Crippen molar-refractivity contribution in [2.45, 2.75) is 102 Å². The lowest BCUT2D eigenvalue weighted by atomic mass is 10.1. The summed E-state index contributed by atoms with van der Waals surface area (Å²) < 4.78 is 20.0. The standard InChI is InChI=1S/C21H40BrO6P/c1-2-3-4-5-6-7-8-9-10-11-12-13-14-15-16-17-21(23)27-18-20(22)19-28-29(24,25)26/h9-10,20H,2-8,11-19H2,1H3,(H2,24,25,26)/b10-9-. The fourth-order valence-corrected chi connectivity index (χ4v) is 3.66. The highest BCUT2D eigenvalue weighted by molar-refractivity contribution is 9.09. The predicted molar refractivity (Wildman–Crippen MR) is 121 cm³/mol. The summed E-state index contributed by atoms with van der Waals surface area (Å²) in [7, 11) is -4.49. The van der Waals surface area contributed by atoms with Gasteiger partial charge in [-0.15, -0.1) is 0 Å². The van der Waals surface area contributed by atoms with Gasteiger partial charge in [-0.3, -0.25) is 9.32 Å². The minimum absolute atomic E-state index is 0.0317. The molecule has 1 unspecified atom stereocenters. The van der Waals surface area contributed by atoms with E-state index in [4.69, 9.17) is 14.5 Å². The molecule has 0 amide bonds. The first kappa shape index (κ1) is 28.8. The normalized spacial score (nSPS) is 13.1. The molecule has 0 aromatic rings. The van der Waals surface area contributed by atoms with E-state index in [2.05, 4.69) is 39.5 Å². The number of allylic oxidation sites excluding steroid dienone is 2. The predicted octanol–water partition coefficient (Wildman–Crippen LogP) is 6.44. The van der Waals surface area contributed by atoms with Gasteiger partial charge in [0.25, 0.3) is 0 Å². The highest BCUT2D eigenvalue weighted by Crippen LogP contribution is 2.36. The molecule has 0 aliphatic carbocycles. The molecule has 8 heteroatoms. The van der Waals surface area contributed by atoms with Crippen molar-refractivity contribution in [1.29, 1.82) is 0 Å². The van der Waals surface area contributed by atoms with Crippen molar-refractivity contribution in [2.24, 2.45) is 0 Å². The van der Waals surface area contributed by atoms with Gasteiger partial charge in [0, 0.05) is 6.42 Å². The van der Waals surface area contributed by atoms with Crippen molar-refractivity contribution in [3.63, 3.8) is 0 Å². The van der Waals surface area contributed by atoms with Crippen LogP contribution in [0.2, 0.25) is 0 Å². The molecule has 2 N–H and O–H groups in total. The number of hydrogen-bond acceptors (Lipinski definition) is 4. The highest BCUT2D eigenvalue weighted by Gasteiger charge is 2.17. The average Bonchev–Trinajstić information content (AvgIpc) is 2.67. The van der Waals surface area contributed by atoms with E-state index in [0.717, 1.165) is 25.7 Å². The average molecular weight is 499 g/mol. The number of alkyl halides is 1. The highest BCUT2D eigenvalue weighted by atomic mass is 79.9. The van der Waals surface area contributed by atoms with E-state index in [1.807, 2.05) is 0 Å². The Morgan fingerprint density at radius 2 is 1.41 bits per heavy atom. The van der Waals surface area contributed by atoms with E-state index in [1.54, 1.807) is 0 Å². The zero-order valence-corrected chi connectivity index (χ0v) is 20.4. The Kier molecular flexibility index (Phi) is 19.6. The van der Waals surface area contributed by atoms with Gasteiger partial charge in [-0.2, -0.15) is 0 Å². The summed E-state index contributed by atoms with van der Waals surface area (Å²) in [5.41, 5.74) is 0. The smallest absolute Gasteiger partial charge is 0.464 e. The third-order valence-corrected chi connectivity index (χ3v) is 5.51. The fourth-order valence-electron chi connectivity index (χ4n) is 2.82. The Hall–Kier alpha value is -0.200. The maximum Gasteiger partial charge on any atom is 0.469 e. The molecule has 0 spiro atoms. The Morgan fingerprint density at radius 3 is 1.97 bits per heavy atom. The lowest BCUT2D eigenvalue weighted by molar-refractivity contribution is -0.143. The van der Waals surface area contributed by atoms with Gasteiger partial charge in [0.05, 0.1) is 11.4 Å². The molecule has 0 aliphatic heterocycles. The second-order valence-corrected chi connectivity index (χ2v) is 9.94. The van der Waals surface area contributed by atoms with Crippen LogP contribution < -0.4 is 0 Å². The van der Waals surface area contributed by atoms with Gasteiger partial charge in [0.1, 0.15) is 6.61 Å². The van der Waals surface area contributed by atoms with Crippen molar-refractivity contribution < 1.29 is 28.4 Å². The number of phosphoric ester groups is 1. The zero-order valence-electron chi connectivity index (χ0n) is 17.9. The number of phosphoric acid groups is 1. The minimum Gasteiger partial charge on any atom is -0.464 e. The Morgan fingerprint density at radius 1 is 0.897 bits per heavy atom. The first-order chi connectivity index (χ1) is 13.8. The lowest BCUT2D eigenvalue weighted by Gasteiger charge is -2.11. The van der Waals surface area contributed by atoms with Gasteiger partial charge in [0.2, 0.25) is 0 Å². The molecule has 0 aliphatic rings. The van der Waals surface area contributed by atoms with Crippen LogP contribution in [0.25, 0.3) is 0 Å². The van der Waals surface area contributed by atoms with Gasteiger partial charge in [-0.1, -0.05) is 86.4 Å². The zero-order chi connectivity index (χ0) is 21.8. The van der Waals surface area contributed by atoms with E-state index >= 15 is 0 Å². The molecule has 0 saturated carbocycles. The van der Waals surface area contributed by atoms with Gasteiger partial charge >= 0.3 is 13.8 Å². The Balaban J connectivity index is 3.38. The van der Waals surface area contributed by atoms with Crippen molar-refractivity contribution >= 4 is 29.7 Å². The number of unbranched alkanes of at least 4 members (excludes halogenated alkanes) is 11. The molecule has 172 valence electrons. The maximum atomic E-state index is 11.6. The molecule has 0 radical (unpaired) electrons. The van der Waals surface area contributed by atoms with Crippen LogP contribution in [0.1, 0.15) is 96.8 Å². The summed E-state index contributed by atoms with van der Waals surface area (Å²) in [6.07, 6.45) is 20.7. The van der Waals surface area contributed by atoms with E-state index in [1.165, 1.54) is 57.8 Å². The SMILES string of the molecule is CCCCCCCC/C=C\CCCCCCCC(=O)OCC(Br)COP(=O)(O)O. The third-order valence-electron chi connectivity index (χ3n) is 4.49. The molecule has 0 rings (SSSR count). The summed E-state index contributed by atoms with van der Waals surface area (Å²) in [6, 6.07) is 0. The van der Waals surface area contributed by atoms with Crippen LogP contribution in [0.15, 0.2) is 12.2 Å². The number of rotatable bonds is 20. The lowest BCUT2D eigenvalue weighted by Crippen LogP contribution is -2.18. The van der Waals surface area contributed by atoms with Crippen LogP contribution in [-0.2, 0) is 18.6 Å². The molecule has 6 nitrogen and oxygen atoms in total. The summed E-state index contributed by atoms with van der Waals surface area (Å²) >= 11 is 3.16. The van der Waals surface area contributed by atoms with Crippen LogP contribution in [0.3, 0.4) is 0 Å². The number of ether oxygens (including phenoxy) is 1. The molecule has 29 heavy (non-hydrogen) atoms. The first-order valence-corrected chi connectivity index (χ1v) is 13.4. The number of hydrogen-bond donors (Lipinski definition) is 2. The van der Waals surface area contributed by atoms with Crippen LogP contribution in [0.5, 0.6) is 0 Å². The van der Waals surface area contributed by atoms with E-state index in [0.29, 0.717) is 6.42 Å². The number of esters is 1. The molecule has 0 bridgehead atoms. The number of halogens is 1. The fraction of sp³-hybridized carbons (Fsp3) is 0.857. The summed E-state index contributed by atoms with van der Waals surface area (Å²) in [4.78, 5) is 28.4. The van der Waals surface area contributed by atoms with Crippen molar-refractivity contribution in [1.82, 2.24) is 0 Å². The van der Waals surface area contributed by atoms with Crippen LogP contribution in [-0.4, -0.2) is 33.8 Å². The van der Waals surface area contributed by atoms with E-state index < -0.39 is 12.6 Å². The molecule has 0 aromatic carbocycles. The summed E-state index contributed by atoms with van der Waals surface area (Å²) in [5, 5.41) is 0. The third kappa shape index (κ3) is 23.9. The van der Waals surface area contributed by atoms with Crippen LogP contribution >= 0.6 is 23.8 Å². The summed E-state index contributed by atoms with van der Waals surface area (Å²) in [6.45, 7) is 2.06. The van der Waals surface area contributed by atoms with Gasteiger partial charge in [0.15, 0.2) is 0 Å². The molecule has 0 heterocycles. The first-order valence-electron chi connectivity index (χ1n) is 11.0. The van der Waals surface area contributed by atoms with Gasteiger partial charge in [-0.05, 0) is 32.1 Å². The number of carbonyl (C=O) groups excluding carboxylic acids is 1. The Bertz CT molecular complexity index is 466. The topological polar surface area (TPSA) is 93.1 Å². The second kappa shape index (κ2) is 19.7. The van der Waals surface area contributed by atoms with Crippen molar-refractivity contribution in [2.75, 3.05) is 13.2 Å². The second-order valence-electron chi connectivity index (χ2n) is 7.40. The Labute approximate surface area is 185 Å². The molecular weight excluding hydrogens is 459 g/mol. The van der Waals surface area contributed by atoms with Crippen molar-refractivity contribution in [3.8, 4) is 0 Å². The quantitative estimate of drug-likeness (QED) is 0.0659. The van der Waals surface area contributed by atoms with Crippen LogP contribution in [0, 0.1) is 0 Å². The maximum absolute atomic E-state index is 11.6. The largest absolute Gasteiger partial charge is 0.469 e. The molecule has 0 saturated heterocycles. The van der Waals surface area contributed by atoms with E-state index in [9.17, 15) is 9.36 Å². The van der Waals surface area contributed by atoms with Crippen molar-refractivity contribution in [3.05, 3.63) is 12.2 Å². The monoisotopic (exact) mass is 498 g/mol. The van der Waals surface area contributed by atoms with Crippen LogP contribution in [0.4, 0.5) is 0 Å². The number of carbonyl (C=O) groups is 1. The van der Waals surface area contributed by atoms with Gasteiger partial charge in [-0.25, -0.2) is 4.57 Å². The molecule has 1 atom stereocenters. The molecular formula is C21H40BrO6P. The molecule has 0 fully saturated rings. The van der Waals surface area contributed by atoms with Gasteiger partial charge < -0.3 is 14.5 Å². The van der Waals surface area contributed by atoms with E-state index in [-0.39, 0.29) is 19.2 Å². The minimum atomic E-state index is -4.49.